The van der Waals surface area contributed by atoms with Crippen LogP contribution < -0.4 is 10.6 Å². The van der Waals surface area contributed by atoms with Gasteiger partial charge in [-0.15, -0.1) is 12.4 Å². The van der Waals surface area contributed by atoms with Crippen molar-refractivity contribution in [2.45, 2.75) is 38.1 Å². The lowest BCUT2D eigenvalue weighted by molar-refractivity contribution is -0.137. The quantitative estimate of drug-likeness (QED) is 0.698. The molecule has 0 aliphatic carbocycles. The van der Waals surface area contributed by atoms with Gasteiger partial charge in [-0.3, -0.25) is 14.8 Å². The number of alkyl halides is 3. The molecule has 0 radical (unpaired) electrons. The third kappa shape index (κ3) is 4.91. The highest BCUT2D eigenvalue weighted by Crippen LogP contribution is 2.29. The third-order valence-electron chi connectivity index (χ3n) is 5.32. The number of benzene rings is 1. The second-order valence-electron chi connectivity index (χ2n) is 7.34. The molecule has 2 aliphatic heterocycles. The Morgan fingerprint density at radius 3 is 2.76 bits per heavy atom. The fourth-order valence-corrected chi connectivity index (χ4v) is 3.82. The van der Waals surface area contributed by atoms with Crippen molar-refractivity contribution in [1.29, 1.82) is 0 Å². The van der Waals surface area contributed by atoms with Crippen LogP contribution in [0.5, 0.6) is 0 Å². The Balaban J connectivity index is 0.00000240. The summed E-state index contributed by atoms with van der Waals surface area (Å²) in [6.45, 7) is 3.52. The Bertz CT molecular complexity index is 853. The van der Waals surface area contributed by atoms with E-state index in [1.807, 2.05) is 0 Å². The molecule has 2 aliphatic rings. The minimum atomic E-state index is -4.32. The van der Waals surface area contributed by atoms with Gasteiger partial charge < -0.3 is 10.6 Å². The molecule has 1 saturated heterocycles. The van der Waals surface area contributed by atoms with Gasteiger partial charge in [-0.2, -0.15) is 18.3 Å². The first-order valence-electron chi connectivity index (χ1n) is 9.36. The van der Waals surface area contributed by atoms with E-state index in [0.29, 0.717) is 25.3 Å². The second-order valence-corrected chi connectivity index (χ2v) is 7.34. The van der Waals surface area contributed by atoms with Crippen molar-refractivity contribution in [3.05, 3.63) is 52.3 Å². The molecule has 1 unspecified atom stereocenters. The maximum absolute atomic E-state index is 12.7. The Morgan fingerprint density at radius 2 is 2.03 bits per heavy atom. The number of likely N-dealkylation sites (tertiary alicyclic amines) is 1. The van der Waals surface area contributed by atoms with Crippen molar-refractivity contribution < 1.29 is 18.0 Å². The molecule has 1 amide bonds. The number of nitrogens with one attached hydrogen (secondary N) is 3. The van der Waals surface area contributed by atoms with Gasteiger partial charge in [0.2, 0.25) is 0 Å². The molecular formula is C19H23ClF3N5O. The standard InChI is InChI=1S/C19H22F3N5O.ClH/c20-19(21,22)13-3-1-12(2-4-13)10-27-8-6-14(11-27)24-18(28)17-15-9-23-7-5-16(15)25-26-17;/h1-4,14,23H,5-11H2,(H,24,28)(H,25,26);1H. The predicted octanol–water partition coefficient (Wildman–Crippen LogP) is 2.50. The van der Waals surface area contributed by atoms with Gasteiger partial charge >= 0.3 is 6.18 Å². The Labute approximate surface area is 172 Å². The van der Waals surface area contributed by atoms with E-state index in [9.17, 15) is 18.0 Å². The van der Waals surface area contributed by atoms with Gasteiger partial charge in [-0.1, -0.05) is 12.1 Å². The fraction of sp³-hybridized carbons (Fsp3) is 0.474. The monoisotopic (exact) mass is 429 g/mol. The highest BCUT2D eigenvalue weighted by Gasteiger charge is 2.30. The zero-order valence-electron chi connectivity index (χ0n) is 15.7. The minimum absolute atomic E-state index is 0. The van der Waals surface area contributed by atoms with Crippen LogP contribution in [0.25, 0.3) is 0 Å². The number of hydrogen-bond donors (Lipinski definition) is 3. The van der Waals surface area contributed by atoms with Crippen LogP contribution in [0.2, 0.25) is 0 Å². The molecule has 1 aromatic carbocycles. The maximum Gasteiger partial charge on any atom is 0.416 e. The van der Waals surface area contributed by atoms with E-state index in [4.69, 9.17) is 0 Å². The highest BCUT2D eigenvalue weighted by atomic mass is 35.5. The molecule has 10 heteroatoms. The number of aromatic amines is 1. The van der Waals surface area contributed by atoms with Crippen molar-refractivity contribution in [2.24, 2.45) is 0 Å². The van der Waals surface area contributed by atoms with E-state index >= 15 is 0 Å². The molecule has 29 heavy (non-hydrogen) atoms. The summed E-state index contributed by atoms with van der Waals surface area (Å²) in [6.07, 6.45) is -2.68. The van der Waals surface area contributed by atoms with E-state index in [0.717, 1.165) is 54.9 Å². The molecule has 158 valence electrons. The van der Waals surface area contributed by atoms with Gasteiger partial charge in [-0.05, 0) is 24.1 Å². The molecular weight excluding hydrogens is 407 g/mol. The van der Waals surface area contributed by atoms with Crippen LogP contribution in [0.15, 0.2) is 24.3 Å². The van der Waals surface area contributed by atoms with Gasteiger partial charge in [0.15, 0.2) is 5.69 Å². The number of halogens is 4. The number of carbonyl (C=O) groups excluding carboxylic acids is 1. The number of H-pyrrole nitrogens is 1. The van der Waals surface area contributed by atoms with E-state index in [1.54, 1.807) is 0 Å². The van der Waals surface area contributed by atoms with Crippen molar-refractivity contribution in [3.8, 4) is 0 Å². The lowest BCUT2D eigenvalue weighted by Crippen LogP contribution is -2.38. The Kier molecular flexibility index (Phi) is 6.50. The van der Waals surface area contributed by atoms with Crippen LogP contribution in [-0.4, -0.2) is 46.7 Å². The van der Waals surface area contributed by atoms with Crippen molar-refractivity contribution >= 4 is 18.3 Å². The van der Waals surface area contributed by atoms with E-state index < -0.39 is 11.7 Å². The molecule has 0 saturated carbocycles. The van der Waals surface area contributed by atoms with Crippen LogP contribution in [0.1, 0.15) is 39.3 Å². The Hall–Kier alpha value is -2.10. The summed E-state index contributed by atoms with van der Waals surface area (Å²) >= 11 is 0. The average Bonchev–Trinajstić information content (AvgIpc) is 3.28. The van der Waals surface area contributed by atoms with Crippen LogP contribution in [0.3, 0.4) is 0 Å². The number of rotatable bonds is 4. The average molecular weight is 430 g/mol. The molecule has 0 bridgehead atoms. The summed E-state index contributed by atoms with van der Waals surface area (Å²) in [4.78, 5) is 14.7. The summed E-state index contributed by atoms with van der Waals surface area (Å²) in [5, 5.41) is 13.4. The lowest BCUT2D eigenvalue weighted by atomic mass is 10.1. The third-order valence-corrected chi connectivity index (χ3v) is 5.32. The second kappa shape index (κ2) is 8.73. The van der Waals surface area contributed by atoms with E-state index in [2.05, 4.69) is 25.7 Å². The summed E-state index contributed by atoms with van der Waals surface area (Å²) in [5.74, 6) is -0.178. The van der Waals surface area contributed by atoms with Crippen molar-refractivity contribution in [2.75, 3.05) is 19.6 Å². The van der Waals surface area contributed by atoms with Crippen molar-refractivity contribution in [3.63, 3.8) is 0 Å². The normalized spacial score (nSPS) is 19.5. The maximum atomic E-state index is 12.7. The van der Waals surface area contributed by atoms with Gasteiger partial charge in [0.1, 0.15) is 0 Å². The molecule has 3 N–H and O–H groups in total. The lowest BCUT2D eigenvalue weighted by Gasteiger charge is -2.17. The van der Waals surface area contributed by atoms with Crippen LogP contribution in [0.4, 0.5) is 13.2 Å². The van der Waals surface area contributed by atoms with Crippen LogP contribution in [-0.2, 0) is 25.7 Å². The molecule has 1 atom stereocenters. The first-order valence-corrected chi connectivity index (χ1v) is 9.36. The summed E-state index contributed by atoms with van der Waals surface area (Å²) in [7, 11) is 0. The number of nitrogens with zero attached hydrogens (tertiary/aromatic N) is 2. The molecule has 1 fully saturated rings. The topological polar surface area (TPSA) is 73.0 Å². The van der Waals surface area contributed by atoms with E-state index in [1.165, 1.54) is 12.1 Å². The van der Waals surface area contributed by atoms with Gasteiger partial charge in [0, 0.05) is 56.4 Å². The SMILES string of the molecule is Cl.O=C(NC1CCN(Cc2ccc(C(F)(F)F)cc2)C1)c1n[nH]c2c1CNCC2. The number of carbonyl (C=O) groups is 1. The fourth-order valence-electron chi connectivity index (χ4n) is 3.82. The molecule has 0 spiro atoms. The molecule has 2 aromatic rings. The summed E-state index contributed by atoms with van der Waals surface area (Å²) < 4.78 is 38.0. The summed E-state index contributed by atoms with van der Waals surface area (Å²) in [6, 6.07) is 5.25. The number of amides is 1. The van der Waals surface area contributed by atoms with Crippen LogP contribution in [0, 0.1) is 0 Å². The molecule has 6 nitrogen and oxygen atoms in total. The minimum Gasteiger partial charge on any atom is -0.347 e. The van der Waals surface area contributed by atoms with Gasteiger partial charge in [0.25, 0.3) is 5.91 Å². The van der Waals surface area contributed by atoms with Gasteiger partial charge in [0.05, 0.1) is 5.56 Å². The number of hydrogen-bond acceptors (Lipinski definition) is 4. The van der Waals surface area contributed by atoms with Crippen LogP contribution >= 0.6 is 12.4 Å². The number of fused-ring (bicyclic) bond motifs is 1. The van der Waals surface area contributed by atoms with Gasteiger partial charge in [-0.25, -0.2) is 0 Å². The van der Waals surface area contributed by atoms with Crippen molar-refractivity contribution in [1.82, 2.24) is 25.7 Å². The summed E-state index contributed by atoms with van der Waals surface area (Å²) in [5.41, 5.74) is 2.58. The largest absolute Gasteiger partial charge is 0.416 e. The first kappa shape index (κ1) is 21.6. The number of aromatic nitrogens is 2. The Morgan fingerprint density at radius 1 is 1.28 bits per heavy atom. The zero-order valence-corrected chi connectivity index (χ0v) is 16.5. The smallest absolute Gasteiger partial charge is 0.347 e. The highest BCUT2D eigenvalue weighted by molar-refractivity contribution is 5.94. The predicted molar refractivity (Wildman–Crippen MR) is 104 cm³/mol. The zero-order chi connectivity index (χ0) is 19.7. The molecule has 1 aromatic heterocycles. The van der Waals surface area contributed by atoms with E-state index in [-0.39, 0.29) is 24.4 Å². The molecule has 4 rings (SSSR count). The first-order chi connectivity index (χ1) is 13.4. The molecule has 3 heterocycles.